The summed E-state index contributed by atoms with van der Waals surface area (Å²) in [5.74, 6) is -0.164. The lowest BCUT2D eigenvalue weighted by Crippen LogP contribution is -2.35. The molecular weight excluding hydrogens is 395 g/mol. The molecule has 6 nitrogen and oxygen atoms in total. The summed E-state index contributed by atoms with van der Waals surface area (Å²) < 4.78 is 5.36. The second kappa shape index (κ2) is 11.5. The van der Waals surface area contributed by atoms with E-state index >= 15 is 0 Å². The number of hydrogen-bond acceptors (Lipinski definition) is 6. The molecule has 0 spiro atoms. The number of carbonyl (C=O) groups excluding carboxylic acids is 1. The first-order chi connectivity index (χ1) is 11.7. The molecule has 2 aromatic rings. The van der Waals surface area contributed by atoms with Crippen molar-refractivity contribution in [2.45, 2.75) is 19.6 Å². The summed E-state index contributed by atoms with van der Waals surface area (Å²) in [5.41, 5.74) is 8.30. The van der Waals surface area contributed by atoms with E-state index in [1.165, 1.54) is 16.9 Å². The predicted octanol–water partition coefficient (Wildman–Crippen LogP) is 2.21. The van der Waals surface area contributed by atoms with Crippen molar-refractivity contribution in [3.05, 3.63) is 51.5 Å². The molecule has 0 aliphatic carbocycles. The summed E-state index contributed by atoms with van der Waals surface area (Å²) in [4.78, 5) is 18.6. The van der Waals surface area contributed by atoms with Crippen molar-refractivity contribution < 1.29 is 9.53 Å². The van der Waals surface area contributed by atoms with Gasteiger partial charge in [-0.25, -0.2) is 4.98 Å². The van der Waals surface area contributed by atoms with Crippen molar-refractivity contribution in [3.8, 4) is 0 Å². The Morgan fingerprint density at radius 1 is 1.19 bits per heavy atom. The van der Waals surface area contributed by atoms with E-state index in [0.29, 0.717) is 18.8 Å². The Hall–Kier alpha value is -1.22. The number of hydrogen-bond donors (Lipinski definition) is 2. The minimum atomic E-state index is -0.164. The van der Waals surface area contributed by atoms with Crippen LogP contribution in [0.1, 0.15) is 26.6 Å². The van der Waals surface area contributed by atoms with Gasteiger partial charge in [0, 0.05) is 38.1 Å². The second-order valence-corrected chi connectivity index (χ2v) is 6.66. The number of ether oxygens (including phenoxy) is 1. The number of halogens is 2. The summed E-state index contributed by atoms with van der Waals surface area (Å²) in [6, 6.07) is 8.35. The monoisotopic (exact) mass is 418 g/mol. The highest BCUT2D eigenvalue weighted by molar-refractivity contribution is 7.09. The van der Waals surface area contributed by atoms with Gasteiger partial charge in [-0.1, -0.05) is 24.3 Å². The Kier molecular flexibility index (Phi) is 10.1. The molecule has 1 amide bonds. The van der Waals surface area contributed by atoms with Gasteiger partial charge in [0.2, 0.25) is 0 Å². The fourth-order valence-corrected chi connectivity index (χ4v) is 3.22. The Labute approximate surface area is 169 Å². The van der Waals surface area contributed by atoms with E-state index in [2.05, 4.69) is 39.5 Å². The molecule has 1 fully saturated rings. The van der Waals surface area contributed by atoms with Gasteiger partial charge < -0.3 is 15.8 Å². The molecular formula is C17H24Cl2N4O2S. The largest absolute Gasteiger partial charge is 0.379 e. The third-order valence-corrected chi connectivity index (χ3v) is 4.82. The fourth-order valence-electron chi connectivity index (χ4n) is 2.56. The lowest BCUT2D eigenvalue weighted by molar-refractivity contribution is 0.0342. The first-order valence-corrected chi connectivity index (χ1v) is 8.93. The van der Waals surface area contributed by atoms with Crippen molar-refractivity contribution in [2.75, 3.05) is 26.3 Å². The summed E-state index contributed by atoms with van der Waals surface area (Å²) in [7, 11) is 0. The molecule has 26 heavy (non-hydrogen) atoms. The Bertz CT molecular complexity index is 676. The molecule has 1 aromatic heterocycles. The summed E-state index contributed by atoms with van der Waals surface area (Å²) in [5, 5.41) is 5.40. The quantitative estimate of drug-likeness (QED) is 0.751. The van der Waals surface area contributed by atoms with Gasteiger partial charge in [-0.2, -0.15) is 0 Å². The predicted molar refractivity (Wildman–Crippen MR) is 108 cm³/mol. The lowest BCUT2D eigenvalue weighted by atomic mass is 10.1. The van der Waals surface area contributed by atoms with Crippen LogP contribution in [0.15, 0.2) is 29.6 Å². The molecule has 1 aliphatic rings. The number of morpholine rings is 1. The van der Waals surface area contributed by atoms with Gasteiger partial charge in [0.05, 0.1) is 13.2 Å². The first-order valence-electron chi connectivity index (χ1n) is 8.05. The van der Waals surface area contributed by atoms with Gasteiger partial charge >= 0.3 is 0 Å². The zero-order valence-electron chi connectivity index (χ0n) is 14.3. The van der Waals surface area contributed by atoms with Gasteiger partial charge in [-0.05, 0) is 11.1 Å². The van der Waals surface area contributed by atoms with E-state index in [-0.39, 0.29) is 30.7 Å². The number of amides is 1. The van der Waals surface area contributed by atoms with Crippen LogP contribution in [0.3, 0.4) is 0 Å². The maximum atomic E-state index is 12.1. The summed E-state index contributed by atoms with van der Waals surface area (Å²) in [6.07, 6.45) is 0. The van der Waals surface area contributed by atoms with E-state index < -0.39 is 0 Å². The molecule has 2 heterocycles. The van der Waals surface area contributed by atoms with Crippen LogP contribution in [0.2, 0.25) is 0 Å². The normalized spacial score (nSPS) is 14.2. The summed E-state index contributed by atoms with van der Waals surface area (Å²) >= 11 is 1.41. The van der Waals surface area contributed by atoms with Gasteiger partial charge in [0.15, 0.2) is 0 Å². The van der Waals surface area contributed by atoms with Crippen LogP contribution in [0.25, 0.3) is 0 Å². The molecule has 0 unspecified atom stereocenters. The van der Waals surface area contributed by atoms with E-state index in [9.17, 15) is 4.79 Å². The molecule has 3 rings (SSSR count). The smallest absolute Gasteiger partial charge is 0.271 e. The van der Waals surface area contributed by atoms with Crippen LogP contribution >= 0.6 is 36.2 Å². The molecule has 1 aromatic carbocycles. The number of aromatic nitrogens is 1. The highest BCUT2D eigenvalue weighted by atomic mass is 35.5. The Morgan fingerprint density at radius 3 is 2.46 bits per heavy atom. The molecule has 0 radical (unpaired) electrons. The Balaban J connectivity index is 0.00000169. The van der Waals surface area contributed by atoms with Crippen LogP contribution in [0.5, 0.6) is 0 Å². The molecule has 3 N–H and O–H groups in total. The molecule has 0 saturated carbocycles. The van der Waals surface area contributed by atoms with Crippen molar-refractivity contribution >= 4 is 42.1 Å². The molecule has 0 bridgehead atoms. The van der Waals surface area contributed by atoms with Crippen molar-refractivity contribution in [3.63, 3.8) is 0 Å². The molecule has 9 heteroatoms. The van der Waals surface area contributed by atoms with Crippen molar-refractivity contribution in [1.82, 2.24) is 15.2 Å². The topological polar surface area (TPSA) is 80.5 Å². The third kappa shape index (κ3) is 6.50. The van der Waals surface area contributed by atoms with Crippen molar-refractivity contribution in [2.24, 2.45) is 5.73 Å². The number of rotatable bonds is 6. The van der Waals surface area contributed by atoms with E-state index in [4.69, 9.17) is 10.5 Å². The summed E-state index contributed by atoms with van der Waals surface area (Å²) in [6.45, 7) is 5.39. The highest BCUT2D eigenvalue weighted by Crippen LogP contribution is 2.11. The average molecular weight is 419 g/mol. The van der Waals surface area contributed by atoms with Crippen LogP contribution < -0.4 is 11.1 Å². The zero-order valence-corrected chi connectivity index (χ0v) is 16.8. The second-order valence-electron chi connectivity index (χ2n) is 5.72. The van der Waals surface area contributed by atoms with Gasteiger partial charge in [-0.3, -0.25) is 9.69 Å². The maximum absolute atomic E-state index is 12.1. The van der Waals surface area contributed by atoms with Crippen LogP contribution in [-0.4, -0.2) is 42.1 Å². The molecule has 0 atom stereocenters. The van der Waals surface area contributed by atoms with Crippen LogP contribution in [-0.2, 0) is 24.4 Å². The maximum Gasteiger partial charge on any atom is 0.271 e. The number of carbonyl (C=O) groups is 1. The number of nitrogens with two attached hydrogens (primary N) is 1. The van der Waals surface area contributed by atoms with Gasteiger partial charge in [0.1, 0.15) is 10.7 Å². The minimum absolute atomic E-state index is 0. The van der Waals surface area contributed by atoms with Crippen LogP contribution in [0.4, 0.5) is 0 Å². The Morgan fingerprint density at radius 2 is 1.85 bits per heavy atom. The standard InChI is InChI=1S/C17H22N4O2S.2ClH/c18-9-16-20-15(12-24-16)17(22)19-10-13-1-3-14(4-2-13)11-21-5-7-23-8-6-21;;/h1-4,12H,5-11,18H2,(H,19,22);2*1H. The number of nitrogens with one attached hydrogen (secondary N) is 1. The van der Waals surface area contributed by atoms with E-state index in [1.54, 1.807) is 5.38 Å². The van der Waals surface area contributed by atoms with Gasteiger partial charge in [0.25, 0.3) is 5.91 Å². The molecule has 144 valence electrons. The van der Waals surface area contributed by atoms with Gasteiger partial charge in [-0.15, -0.1) is 36.2 Å². The molecule has 1 aliphatic heterocycles. The highest BCUT2D eigenvalue weighted by Gasteiger charge is 2.11. The number of benzene rings is 1. The number of thiazole rings is 1. The average Bonchev–Trinajstić information content (AvgIpc) is 3.11. The van der Waals surface area contributed by atoms with Crippen molar-refractivity contribution in [1.29, 1.82) is 0 Å². The molecule has 1 saturated heterocycles. The number of nitrogens with zero attached hydrogens (tertiary/aromatic N) is 2. The fraction of sp³-hybridized carbons (Fsp3) is 0.412. The minimum Gasteiger partial charge on any atom is -0.379 e. The van der Waals surface area contributed by atoms with E-state index in [1.807, 2.05) is 0 Å². The van der Waals surface area contributed by atoms with E-state index in [0.717, 1.165) is 43.4 Å². The lowest BCUT2D eigenvalue weighted by Gasteiger charge is -2.26. The third-order valence-electron chi connectivity index (χ3n) is 3.94. The van der Waals surface area contributed by atoms with Crippen LogP contribution in [0, 0.1) is 0 Å². The zero-order chi connectivity index (χ0) is 16.8. The first kappa shape index (κ1) is 22.8. The SMILES string of the molecule is Cl.Cl.NCc1nc(C(=O)NCc2ccc(CN3CCOCC3)cc2)cs1.